The Hall–Kier alpha value is -2.54. The highest BCUT2D eigenvalue weighted by Crippen LogP contribution is 2.44. The summed E-state index contributed by atoms with van der Waals surface area (Å²) >= 11 is 0. The zero-order chi connectivity index (χ0) is 17.5. The van der Waals surface area contributed by atoms with Crippen molar-refractivity contribution in [3.8, 4) is 0 Å². The lowest BCUT2D eigenvalue weighted by molar-refractivity contribution is -0.383. The molecule has 1 heterocycles. The summed E-state index contributed by atoms with van der Waals surface area (Å²) in [6, 6.07) is 11.4. The Morgan fingerprint density at radius 3 is 2.50 bits per heavy atom. The summed E-state index contributed by atoms with van der Waals surface area (Å²) < 4.78 is 11.5. The van der Waals surface area contributed by atoms with E-state index in [9.17, 15) is 24.5 Å². The Bertz CT molecular complexity index is 1000. The predicted octanol–water partition coefficient (Wildman–Crippen LogP) is 3.23. The first kappa shape index (κ1) is 16.3. The molecule has 24 heavy (non-hydrogen) atoms. The van der Waals surface area contributed by atoms with Crippen LogP contribution < -0.4 is 5.32 Å². The first-order valence-electron chi connectivity index (χ1n) is 7.06. The number of hydrogen-bond donors (Lipinski definition) is 3. The van der Waals surface area contributed by atoms with E-state index in [0.29, 0.717) is 22.1 Å². The number of nitrogens with one attached hydrogen (secondary N) is 1. The number of para-hydroxylation sites is 1. The van der Waals surface area contributed by atoms with Crippen molar-refractivity contribution in [2.45, 2.75) is 12.7 Å². The third-order valence-electron chi connectivity index (χ3n) is 3.74. The van der Waals surface area contributed by atoms with Crippen molar-refractivity contribution in [1.82, 2.24) is 4.98 Å². The Kier molecular flexibility index (Phi) is 3.96. The van der Waals surface area contributed by atoms with E-state index in [0.717, 1.165) is 0 Å². The monoisotopic (exact) mass is 347 g/mol. The van der Waals surface area contributed by atoms with E-state index >= 15 is 0 Å². The van der Waals surface area contributed by atoms with Gasteiger partial charge in [-0.2, -0.15) is 0 Å². The number of pyridine rings is 1. The molecule has 0 fully saturated rings. The van der Waals surface area contributed by atoms with Crippen LogP contribution >= 0.6 is 7.60 Å². The maximum Gasteiger partial charge on any atom is 0.347 e. The van der Waals surface area contributed by atoms with Gasteiger partial charge >= 0.3 is 7.60 Å². The third kappa shape index (κ3) is 2.82. The molecule has 3 rings (SSSR count). The van der Waals surface area contributed by atoms with E-state index in [1.54, 1.807) is 30.3 Å². The molecule has 0 aliphatic heterocycles. The number of benzene rings is 2. The van der Waals surface area contributed by atoms with Crippen molar-refractivity contribution in [3.05, 3.63) is 52.6 Å². The average molecular weight is 347 g/mol. The Labute approximate surface area is 136 Å². The van der Waals surface area contributed by atoms with Gasteiger partial charge in [-0.15, -0.1) is 0 Å². The highest BCUT2D eigenvalue weighted by molar-refractivity contribution is 7.52. The molecule has 0 radical (unpaired) electrons. The van der Waals surface area contributed by atoms with E-state index in [2.05, 4.69) is 10.3 Å². The number of fused-ring (bicyclic) bond motifs is 2. The van der Waals surface area contributed by atoms with Gasteiger partial charge in [-0.05, 0) is 19.1 Å². The smallest absolute Gasteiger partial charge is 0.347 e. The van der Waals surface area contributed by atoms with Crippen LogP contribution in [0.25, 0.3) is 21.8 Å². The van der Waals surface area contributed by atoms with Crippen LogP contribution in [0.1, 0.15) is 6.92 Å². The minimum absolute atomic E-state index is 0.175. The van der Waals surface area contributed by atoms with Gasteiger partial charge in [-0.25, -0.2) is 4.98 Å². The van der Waals surface area contributed by atoms with Crippen molar-refractivity contribution < 1.29 is 19.3 Å². The number of nitro groups is 1. The molecule has 3 N–H and O–H groups in total. The summed E-state index contributed by atoms with van der Waals surface area (Å²) in [5.74, 6) is -1.20. The average Bonchev–Trinajstić information content (AvgIpc) is 2.52. The van der Waals surface area contributed by atoms with E-state index in [1.807, 2.05) is 0 Å². The molecule has 2 aromatic carbocycles. The van der Waals surface area contributed by atoms with Crippen LogP contribution in [0.5, 0.6) is 0 Å². The van der Waals surface area contributed by atoms with Crippen molar-refractivity contribution >= 4 is 40.8 Å². The van der Waals surface area contributed by atoms with Crippen LogP contribution in [0.2, 0.25) is 0 Å². The third-order valence-corrected chi connectivity index (χ3v) is 4.88. The maximum atomic E-state index is 11.5. The lowest BCUT2D eigenvalue weighted by Crippen LogP contribution is -2.16. The Morgan fingerprint density at radius 2 is 1.83 bits per heavy atom. The van der Waals surface area contributed by atoms with Crippen molar-refractivity contribution in [1.29, 1.82) is 0 Å². The zero-order valence-electron chi connectivity index (χ0n) is 12.6. The van der Waals surface area contributed by atoms with Gasteiger partial charge in [-0.1, -0.05) is 24.3 Å². The van der Waals surface area contributed by atoms with Crippen LogP contribution in [0.4, 0.5) is 11.4 Å². The first-order valence-corrected chi connectivity index (χ1v) is 8.75. The van der Waals surface area contributed by atoms with Crippen LogP contribution in [0.15, 0.2) is 42.5 Å². The molecule has 0 saturated heterocycles. The number of non-ortho nitro benzene ring substituents is 1. The van der Waals surface area contributed by atoms with Gasteiger partial charge in [0.15, 0.2) is 0 Å². The summed E-state index contributed by atoms with van der Waals surface area (Å²) in [5.41, 5.74) is 1.07. The summed E-state index contributed by atoms with van der Waals surface area (Å²) in [6.07, 6.45) is 0. The van der Waals surface area contributed by atoms with Gasteiger partial charge in [0, 0.05) is 11.5 Å². The molecular formula is C15H14N3O5P. The second kappa shape index (κ2) is 5.83. The van der Waals surface area contributed by atoms with Crippen LogP contribution in [-0.2, 0) is 4.57 Å². The van der Waals surface area contributed by atoms with Gasteiger partial charge in [0.25, 0.3) is 5.69 Å². The quantitative estimate of drug-likeness (QED) is 0.286. The van der Waals surface area contributed by atoms with Crippen molar-refractivity contribution in [2.24, 2.45) is 0 Å². The Balaban J connectivity index is 2.39. The standard InChI is InChI=1S/C15H14N3O5P/c1-9(24(21,22)23)16-15-10-5-2-3-6-11(10)17-12-7-4-8-13(14(12)15)18(19)20/h2-9H,1H3,(H,16,17)(H2,21,22,23). The lowest BCUT2D eigenvalue weighted by Gasteiger charge is -2.19. The van der Waals surface area contributed by atoms with Crippen molar-refractivity contribution in [2.75, 3.05) is 5.32 Å². The summed E-state index contributed by atoms with van der Waals surface area (Å²) in [4.78, 5) is 34.0. The largest absolute Gasteiger partial charge is 0.370 e. The number of aromatic nitrogens is 1. The van der Waals surface area contributed by atoms with Gasteiger partial charge in [0.05, 0.1) is 21.6 Å². The molecule has 124 valence electrons. The molecular weight excluding hydrogens is 333 g/mol. The highest BCUT2D eigenvalue weighted by atomic mass is 31.2. The lowest BCUT2D eigenvalue weighted by atomic mass is 10.1. The second-order valence-electron chi connectivity index (χ2n) is 5.34. The van der Waals surface area contributed by atoms with Gasteiger partial charge in [-0.3, -0.25) is 14.7 Å². The topological polar surface area (TPSA) is 126 Å². The van der Waals surface area contributed by atoms with Crippen LogP contribution in [-0.4, -0.2) is 25.5 Å². The van der Waals surface area contributed by atoms with Gasteiger partial charge in [0.1, 0.15) is 11.2 Å². The molecule has 0 spiro atoms. The molecule has 8 nitrogen and oxygen atoms in total. The molecule has 9 heteroatoms. The molecule has 3 aromatic rings. The van der Waals surface area contributed by atoms with Gasteiger partial charge < -0.3 is 15.1 Å². The van der Waals surface area contributed by atoms with Crippen molar-refractivity contribution in [3.63, 3.8) is 0 Å². The summed E-state index contributed by atoms with van der Waals surface area (Å²) in [6.45, 7) is 1.33. The highest BCUT2D eigenvalue weighted by Gasteiger charge is 2.27. The van der Waals surface area contributed by atoms with E-state index in [-0.39, 0.29) is 11.1 Å². The molecule has 0 saturated carbocycles. The van der Waals surface area contributed by atoms with E-state index in [4.69, 9.17) is 0 Å². The van der Waals surface area contributed by atoms with Crippen LogP contribution in [0, 0.1) is 10.1 Å². The number of hydrogen-bond acceptors (Lipinski definition) is 5. The molecule has 0 aliphatic carbocycles. The van der Waals surface area contributed by atoms with Gasteiger partial charge in [0.2, 0.25) is 0 Å². The van der Waals surface area contributed by atoms with Crippen LogP contribution in [0.3, 0.4) is 0 Å². The minimum Gasteiger partial charge on any atom is -0.370 e. The molecule has 0 amide bonds. The fourth-order valence-electron chi connectivity index (χ4n) is 2.52. The molecule has 1 unspecified atom stereocenters. The normalized spacial score (nSPS) is 13.1. The molecule has 0 bridgehead atoms. The zero-order valence-corrected chi connectivity index (χ0v) is 13.5. The number of nitro benzene ring substituents is 1. The molecule has 1 aromatic heterocycles. The fraction of sp³-hybridized carbons (Fsp3) is 0.133. The fourth-order valence-corrected chi connectivity index (χ4v) is 2.82. The summed E-state index contributed by atoms with van der Waals surface area (Å²) in [5, 5.41) is 14.9. The number of anilines is 1. The van der Waals surface area contributed by atoms with E-state index < -0.39 is 18.3 Å². The molecule has 1 atom stereocenters. The second-order valence-corrected chi connectivity index (χ2v) is 7.29. The number of rotatable bonds is 4. The number of nitrogens with zero attached hydrogens (tertiary/aromatic N) is 2. The summed E-state index contributed by atoms with van der Waals surface area (Å²) in [7, 11) is -4.42. The minimum atomic E-state index is -4.42. The first-order chi connectivity index (χ1) is 11.3. The predicted molar refractivity (Wildman–Crippen MR) is 91.0 cm³/mol. The SMILES string of the molecule is CC(Nc1c2ccccc2nc2cccc([N+](=O)[O-])c12)P(=O)(O)O. The molecule has 0 aliphatic rings. The Morgan fingerprint density at radius 1 is 1.17 bits per heavy atom. The van der Waals surface area contributed by atoms with E-state index in [1.165, 1.54) is 19.1 Å². The maximum absolute atomic E-state index is 11.5.